The normalized spacial score (nSPS) is 32.7. The Kier molecular flexibility index (Phi) is 1.69. The largest absolute Gasteiger partial charge is 0.475 e. The zero-order valence-corrected chi connectivity index (χ0v) is 8.56. The first-order valence-corrected chi connectivity index (χ1v) is 5.35. The van der Waals surface area contributed by atoms with Crippen LogP contribution in [0.4, 0.5) is 0 Å². The minimum absolute atomic E-state index is 0.00516. The molecule has 1 aromatic rings. The van der Waals surface area contributed by atoms with Crippen LogP contribution < -0.4 is 0 Å². The number of oxazole rings is 1. The molecular weight excluding hydrogens is 194 g/mol. The molecular formula is C11H13NO3. The Labute approximate surface area is 87.3 Å². The van der Waals surface area contributed by atoms with Gasteiger partial charge in [-0.25, -0.2) is 9.78 Å². The number of carboxylic acids is 1. The van der Waals surface area contributed by atoms with Crippen molar-refractivity contribution in [2.75, 3.05) is 0 Å². The summed E-state index contributed by atoms with van der Waals surface area (Å²) in [7, 11) is 0. The Bertz CT molecular complexity index is 413. The number of hydrogen-bond donors (Lipinski definition) is 1. The summed E-state index contributed by atoms with van der Waals surface area (Å²) in [5.41, 5.74) is 0.498. The summed E-state index contributed by atoms with van der Waals surface area (Å²) in [5, 5.41) is 8.85. The summed E-state index contributed by atoms with van der Waals surface area (Å²) in [6.45, 7) is 1.69. The highest BCUT2D eigenvalue weighted by atomic mass is 16.4. The lowest BCUT2D eigenvalue weighted by Gasteiger charge is -2.05. The molecule has 2 aliphatic carbocycles. The standard InChI is InChI=1S/C11H13NO3/c1-5-9(11(13)14)15-10(12-5)8-3-6-2-7(6)4-8/h6-8H,2-4H2,1H3,(H,13,14). The highest BCUT2D eigenvalue weighted by Crippen LogP contribution is 2.57. The lowest BCUT2D eigenvalue weighted by Crippen LogP contribution is -1.96. The average Bonchev–Trinajstić information content (AvgIpc) is 2.61. The van der Waals surface area contributed by atoms with E-state index in [1.807, 2.05) is 0 Å². The van der Waals surface area contributed by atoms with E-state index in [1.165, 1.54) is 6.42 Å². The van der Waals surface area contributed by atoms with E-state index in [2.05, 4.69) is 4.98 Å². The van der Waals surface area contributed by atoms with Gasteiger partial charge in [-0.05, 0) is 38.0 Å². The molecule has 0 aliphatic heterocycles. The Hall–Kier alpha value is -1.32. The van der Waals surface area contributed by atoms with Gasteiger partial charge in [-0.2, -0.15) is 0 Å². The molecule has 2 unspecified atom stereocenters. The molecule has 2 saturated carbocycles. The van der Waals surface area contributed by atoms with Crippen LogP contribution in [0.5, 0.6) is 0 Å². The second-order valence-electron chi connectivity index (χ2n) is 4.70. The molecule has 1 aromatic heterocycles. The number of fused-ring (bicyclic) bond motifs is 1. The fraction of sp³-hybridized carbons (Fsp3) is 0.636. The molecule has 4 heteroatoms. The molecule has 0 radical (unpaired) electrons. The van der Waals surface area contributed by atoms with Gasteiger partial charge in [0, 0.05) is 5.92 Å². The van der Waals surface area contributed by atoms with Crippen LogP contribution in [0.25, 0.3) is 0 Å². The molecule has 2 aliphatic rings. The summed E-state index contributed by atoms with van der Waals surface area (Å²) in [6, 6.07) is 0. The van der Waals surface area contributed by atoms with Crippen molar-refractivity contribution in [3.05, 3.63) is 17.3 Å². The molecule has 0 bridgehead atoms. The lowest BCUT2D eigenvalue weighted by atomic mass is 10.0. The number of aromatic nitrogens is 1. The molecule has 1 heterocycles. The summed E-state index contributed by atoms with van der Waals surface area (Å²) in [4.78, 5) is 15.0. The number of aromatic carboxylic acids is 1. The second kappa shape index (κ2) is 2.84. The molecule has 4 nitrogen and oxygen atoms in total. The number of rotatable bonds is 2. The van der Waals surface area contributed by atoms with E-state index >= 15 is 0 Å². The average molecular weight is 207 g/mol. The molecule has 15 heavy (non-hydrogen) atoms. The van der Waals surface area contributed by atoms with Gasteiger partial charge in [0.2, 0.25) is 5.76 Å². The van der Waals surface area contributed by atoms with Gasteiger partial charge in [-0.1, -0.05) is 0 Å². The van der Waals surface area contributed by atoms with Gasteiger partial charge < -0.3 is 9.52 Å². The van der Waals surface area contributed by atoms with E-state index in [1.54, 1.807) is 6.92 Å². The van der Waals surface area contributed by atoms with E-state index in [0.29, 0.717) is 17.5 Å². The van der Waals surface area contributed by atoms with E-state index < -0.39 is 5.97 Å². The van der Waals surface area contributed by atoms with E-state index in [4.69, 9.17) is 9.52 Å². The smallest absolute Gasteiger partial charge is 0.373 e. The van der Waals surface area contributed by atoms with Crippen LogP contribution in [-0.2, 0) is 0 Å². The molecule has 3 rings (SSSR count). The van der Waals surface area contributed by atoms with Crippen LogP contribution >= 0.6 is 0 Å². The summed E-state index contributed by atoms with van der Waals surface area (Å²) >= 11 is 0. The van der Waals surface area contributed by atoms with E-state index in [0.717, 1.165) is 24.7 Å². The van der Waals surface area contributed by atoms with E-state index in [9.17, 15) is 4.79 Å². The number of carboxylic acid groups (broad SMARTS) is 1. The summed E-state index contributed by atoms with van der Waals surface area (Å²) in [5.74, 6) is 1.70. The van der Waals surface area contributed by atoms with Crippen LogP contribution in [0, 0.1) is 18.8 Å². The first-order valence-electron chi connectivity index (χ1n) is 5.35. The fourth-order valence-corrected chi connectivity index (χ4v) is 2.71. The van der Waals surface area contributed by atoms with Crippen molar-refractivity contribution in [1.29, 1.82) is 0 Å². The maximum atomic E-state index is 10.8. The highest BCUT2D eigenvalue weighted by molar-refractivity contribution is 5.85. The summed E-state index contributed by atoms with van der Waals surface area (Å²) in [6.07, 6.45) is 3.61. The zero-order chi connectivity index (χ0) is 10.6. The first-order chi connectivity index (χ1) is 7.15. The SMILES string of the molecule is Cc1nc(C2CC3CC3C2)oc1C(=O)O. The predicted molar refractivity (Wildman–Crippen MR) is 51.8 cm³/mol. The number of hydrogen-bond acceptors (Lipinski definition) is 3. The van der Waals surface area contributed by atoms with Gasteiger partial charge in [0.1, 0.15) is 0 Å². The Balaban J connectivity index is 1.86. The van der Waals surface area contributed by atoms with Gasteiger partial charge in [-0.15, -0.1) is 0 Å². The molecule has 0 saturated heterocycles. The maximum Gasteiger partial charge on any atom is 0.373 e. The van der Waals surface area contributed by atoms with Crippen LogP contribution in [0.3, 0.4) is 0 Å². The van der Waals surface area contributed by atoms with Gasteiger partial charge in [0.15, 0.2) is 5.89 Å². The summed E-state index contributed by atoms with van der Waals surface area (Å²) < 4.78 is 5.32. The number of carbonyl (C=O) groups is 1. The Morgan fingerprint density at radius 3 is 2.60 bits per heavy atom. The highest BCUT2D eigenvalue weighted by Gasteiger charge is 2.47. The third-order valence-electron chi connectivity index (χ3n) is 3.60. The third-order valence-corrected chi connectivity index (χ3v) is 3.60. The monoisotopic (exact) mass is 207 g/mol. The van der Waals surface area contributed by atoms with Crippen molar-refractivity contribution in [3.8, 4) is 0 Å². The fourth-order valence-electron chi connectivity index (χ4n) is 2.71. The molecule has 0 aromatic carbocycles. The van der Waals surface area contributed by atoms with Crippen LogP contribution in [0.2, 0.25) is 0 Å². The zero-order valence-electron chi connectivity index (χ0n) is 8.56. The minimum atomic E-state index is -1.02. The molecule has 0 spiro atoms. The number of nitrogens with zero attached hydrogens (tertiary/aromatic N) is 1. The van der Waals surface area contributed by atoms with Crippen molar-refractivity contribution in [2.24, 2.45) is 11.8 Å². The van der Waals surface area contributed by atoms with Gasteiger partial charge in [0.25, 0.3) is 0 Å². The van der Waals surface area contributed by atoms with Gasteiger partial charge in [-0.3, -0.25) is 0 Å². The molecule has 80 valence electrons. The molecule has 0 amide bonds. The van der Waals surface area contributed by atoms with Crippen LogP contribution in [0.1, 0.15) is 47.3 Å². The quantitative estimate of drug-likeness (QED) is 0.807. The number of aryl methyl sites for hydroxylation is 1. The first kappa shape index (κ1) is 8.95. The van der Waals surface area contributed by atoms with Crippen LogP contribution in [-0.4, -0.2) is 16.1 Å². The van der Waals surface area contributed by atoms with Gasteiger partial charge in [0.05, 0.1) is 5.69 Å². The lowest BCUT2D eigenvalue weighted by molar-refractivity contribution is 0.0658. The van der Waals surface area contributed by atoms with Crippen molar-refractivity contribution < 1.29 is 14.3 Å². The van der Waals surface area contributed by atoms with Crippen molar-refractivity contribution >= 4 is 5.97 Å². The van der Waals surface area contributed by atoms with Crippen molar-refractivity contribution in [2.45, 2.75) is 32.1 Å². The third kappa shape index (κ3) is 1.35. The van der Waals surface area contributed by atoms with Crippen molar-refractivity contribution in [3.63, 3.8) is 0 Å². The van der Waals surface area contributed by atoms with Gasteiger partial charge >= 0.3 is 5.97 Å². The predicted octanol–water partition coefficient (Wildman–Crippen LogP) is 2.19. The van der Waals surface area contributed by atoms with Crippen molar-refractivity contribution in [1.82, 2.24) is 4.98 Å². The van der Waals surface area contributed by atoms with Crippen LogP contribution in [0.15, 0.2) is 4.42 Å². The molecule has 2 atom stereocenters. The molecule has 1 N–H and O–H groups in total. The minimum Gasteiger partial charge on any atom is -0.475 e. The molecule has 2 fully saturated rings. The maximum absolute atomic E-state index is 10.8. The second-order valence-corrected chi connectivity index (χ2v) is 4.70. The van der Waals surface area contributed by atoms with E-state index in [-0.39, 0.29) is 5.76 Å². The Morgan fingerprint density at radius 2 is 2.07 bits per heavy atom. The topological polar surface area (TPSA) is 63.3 Å². The Morgan fingerprint density at radius 1 is 1.40 bits per heavy atom.